The third-order valence-corrected chi connectivity index (χ3v) is 7.17. The van der Waals surface area contributed by atoms with Gasteiger partial charge in [-0.05, 0) is 50.1 Å². The van der Waals surface area contributed by atoms with E-state index in [9.17, 15) is 18.0 Å². The van der Waals surface area contributed by atoms with Gasteiger partial charge in [-0.15, -0.1) is 0 Å². The highest BCUT2D eigenvalue weighted by Crippen LogP contribution is 2.36. The molecule has 0 spiro atoms. The van der Waals surface area contributed by atoms with Crippen LogP contribution in [0.3, 0.4) is 0 Å². The van der Waals surface area contributed by atoms with E-state index in [1.807, 2.05) is 12.1 Å². The number of hydrogen-bond donors (Lipinski definition) is 0. The quantitative estimate of drug-likeness (QED) is 0.425. The van der Waals surface area contributed by atoms with Gasteiger partial charge < -0.3 is 9.64 Å². The molecule has 1 saturated heterocycles. The molecule has 9 heteroatoms. The van der Waals surface area contributed by atoms with Crippen molar-refractivity contribution in [1.29, 1.82) is 0 Å². The minimum Gasteiger partial charge on any atom is -0.466 e. The number of alkyl halides is 3. The topological polar surface area (TPSA) is 45.7 Å². The normalized spacial score (nSPS) is 19.5. The molecule has 1 fully saturated rings. The fraction of sp³-hybridized carbons (Fsp3) is 0.440. The lowest BCUT2D eigenvalue weighted by atomic mass is 10.0. The van der Waals surface area contributed by atoms with E-state index in [2.05, 4.69) is 40.8 Å². The molecule has 0 saturated carbocycles. The number of halogens is 3. The molecule has 0 amide bonds. The van der Waals surface area contributed by atoms with Crippen molar-refractivity contribution < 1.29 is 22.7 Å². The van der Waals surface area contributed by atoms with Crippen LogP contribution >= 0.6 is 11.3 Å². The van der Waals surface area contributed by atoms with Crippen LogP contribution in [0.4, 0.5) is 18.3 Å². The van der Waals surface area contributed by atoms with E-state index in [0.717, 1.165) is 42.0 Å². The van der Waals surface area contributed by atoms with Gasteiger partial charge in [-0.25, -0.2) is 4.98 Å². The van der Waals surface area contributed by atoms with Crippen LogP contribution in [0.5, 0.6) is 0 Å². The fourth-order valence-corrected chi connectivity index (χ4v) is 5.50. The van der Waals surface area contributed by atoms with Gasteiger partial charge in [-0.3, -0.25) is 9.69 Å². The summed E-state index contributed by atoms with van der Waals surface area (Å²) in [6.45, 7) is 8.69. The van der Waals surface area contributed by atoms with E-state index in [4.69, 9.17) is 4.74 Å². The summed E-state index contributed by atoms with van der Waals surface area (Å²) in [5.74, 6) is -0.229. The Labute approximate surface area is 201 Å². The van der Waals surface area contributed by atoms with Crippen molar-refractivity contribution in [3.05, 3.63) is 59.2 Å². The van der Waals surface area contributed by atoms with Gasteiger partial charge in [0.15, 0.2) is 5.13 Å². The van der Waals surface area contributed by atoms with Crippen molar-refractivity contribution in [2.45, 2.75) is 52.0 Å². The number of rotatable bonds is 6. The number of fused-ring (bicyclic) bond motifs is 1. The Kier molecular flexibility index (Phi) is 7.14. The number of carbonyl (C=O) groups excluding carboxylic acids is 1. The van der Waals surface area contributed by atoms with Crippen LogP contribution < -0.4 is 4.90 Å². The Balaban J connectivity index is 1.45. The Morgan fingerprint density at radius 1 is 1.12 bits per heavy atom. The fourth-order valence-electron chi connectivity index (χ4n) is 4.48. The first-order valence-electron chi connectivity index (χ1n) is 11.4. The molecule has 0 bridgehead atoms. The zero-order chi connectivity index (χ0) is 24.5. The zero-order valence-electron chi connectivity index (χ0n) is 19.4. The number of ether oxygens (including phenoxy) is 1. The summed E-state index contributed by atoms with van der Waals surface area (Å²) in [6.07, 6.45) is -4.10. The molecule has 5 nitrogen and oxygen atoms in total. The van der Waals surface area contributed by atoms with Crippen LogP contribution in [0.2, 0.25) is 0 Å². The number of anilines is 1. The Morgan fingerprint density at radius 2 is 1.82 bits per heavy atom. The van der Waals surface area contributed by atoms with Gasteiger partial charge in [-0.2, -0.15) is 13.2 Å². The monoisotopic (exact) mass is 491 g/mol. The smallest absolute Gasteiger partial charge is 0.416 e. The predicted molar refractivity (Wildman–Crippen MR) is 128 cm³/mol. The molecule has 2 aromatic carbocycles. The lowest BCUT2D eigenvalue weighted by Gasteiger charge is -2.44. The van der Waals surface area contributed by atoms with Crippen LogP contribution in [-0.4, -0.2) is 47.6 Å². The van der Waals surface area contributed by atoms with Crippen LogP contribution in [-0.2, 0) is 28.7 Å². The molecule has 3 aromatic rings. The molecule has 1 aromatic heterocycles. The summed E-state index contributed by atoms with van der Waals surface area (Å²) in [6, 6.07) is 12.2. The van der Waals surface area contributed by atoms with E-state index < -0.39 is 11.7 Å². The number of esters is 1. The van der Waals surface area contributed by atoms with E-state index in [1.165, 1.54) is 23.5 Å². The van der Waals surface area contributed by atoms with E-state index in [0.29, 0.717) is 16.8 Å². The second kappa shape index (κ2) is 9.92. The van der Waals surface area contributed by atoms with Gasteiger partial charge >= 0.3 is 12.1 Å². The number of aromatic nitrogens is 1. The second-order valence-corrected chi connectivity index (χ2v) is 9.76. The molecule has 34 heavy (non-hydrogen) atoms. The summed E-state index contributed by atoms with van der Waals surface area (Å²) in [4.78, 5) is 21.0. The van der Waals surface area contributed by atoms with Crippen molar-refractivity contribution in [3.8, 4) is 0 Å². The van der Waals surface area contributed by atoms with Gasteiger partial charge in [0.1, 0.15) is 0 Å². The zero-order valence-corrected chi connectivity index (χ0v) is 20.2. The maximum atomic E-state index is 13.1. The molecule has 2 heterocycles. The van der Waals surface area contributed by atoms with Gasteiger partial charge in [0.05, 0.1) is 28.8 Å². The largest absolute Gasteiger partial charge is 0.466 e. The summed E-state index contributed by atoms with van der Waals surface area (Å²) in [7, 11) is 0. The van der Waals surface area contributed by atoms with Crippen LogP contribution in [0.1, 0.15) is 37.5 Å². The molecule has 1 aliphatic rings. The molecular weight excluding hydrogens is 463 g/mol. The Hall–Kier alpha value is -2.65. The standard InChI is InChI=1S/C25H28F3N3O2S/c1-4-33-23(32)11-18-6-5-7-19(10-18)15-31-16(2)13-30(14-17(31)3)24-29-21-9-8-20(25(26,27)28)12-22(21)34-24/h5-10,12,16-17H,4,11,13-15H2,1-3H3. The number of thiazole rings is 1. The molecule has 0 aliphatic carbocycles. The molecule has 0 radical (unpaired) electrons. The second-order valence-electron chi connectivity index (χ2n) is 8.75. The van der Waals surface area contributed by atoms with Gasteiger partial charge in [0.25, 0.3) is 0 Å². The summed E-state index contributed by atoms with van der Waals surface area (Å²) in [5, 5.41) is 0.754. The van der Waals surface area contributed by atoms with Crippen molar-refractivity contribution >= 4 is 32.7 Å². The van der Waals surface area contributed by atoms with Crippen molar-refractivity contribution in [1.82, 2.24) is 9.88 Å². The molecule has 4 rings (SSSR count). The first kappa shape index (κ1) is 24.5. The highest BCUT2D eigenvalue weighted by Gasteiger charge is 2.33. The maximum absolute atomic E-state index is 13.1. The van der Waals surface area contributed by atoms with Crippen molar-refractivity contribution in [2.75, 3.05) is 24.6 Å². The van der Waals surface area contributed by atoms with E-state index in [-0.39, 0.29) is 24.5 Å². The Bertz CT molecular complexity index is 1150. The van der Waals surface area contributed by atoms with Crippen molar-refractivity contribution in [3.63, 3.8) is 0 Å². The molecule has 2 atom stereocenters. The number of carbonyl (C=O) groups is 1. The van der Waals surface area contributed by atoms with Crippen molar-refractivity contribution in [2.24, 2.45) is 0 Å². The third-order valence-electron chi connectivity index (χ3n) is 6.09. The third kappa shape index (κ3) is 5.52. The highest BCUT2D eigenvalue weighted by atomic mass is 32.1. The molecular formula is C25H28F3N3O2S. The predicted octanol–water partition coefficient (Wildman–Crippen LogP) is 5.52. The first-order chi connectivity index (χ1) is 16.1. The van der Waals surface area contributed by atoms with Gasteiger partial charge in [0, 0.05) is 31.7 Å². The highest BCUT2D eigenvalue weighted by molar-refractivity contribution is 7.22. The van der Waals surface area contributed by atoms with Gasteiger partial charge in [-0.1, -0.05) is 35.6 Å². The van der Waals surface area contributed by atoms with Gasteiger partial charge in [0.2, 0.25) is 0 Å². The SMILES string of the molecule is CCOC(=O)Cc1cccc(CN2C(C)CN(c3nc4ccc(C(F)(F)F)cc4s3)CC2C)c1. The van der Waals surface area contributed by atoms with Crippen LogP contribution in [0.25, 0.3) is 10.2 Å². The lowest BCUT2D eigenvalue weighted by molar-refractivity contribution is -0.142. The van der Waals surface area contributed by atoms with Crippen LogP contribution in [0.15, 0.2) is 42.5 Å². The minimum atomic E-state index is -4.36. The molecule has 182 valence electrons. The van der Waals surface area contributed by atoms with Crippen LogP contribution in [0, 0.1) is 0 Å². The molecule has 0 N–H and O–H groups in total. The summed E-state index contributed by atoms with van der Waals surface area (Å²) in [5.41, 5.74) is 2.01. The average Bonchev–Trinajstić information content (AvgIpc) is 3.19. The number of piperazine rings is 1. The number of nitrogens with zero attached hydrogens (tertiary/aromatic N) is 3. The van der Waals surface area contributed by atoms with E-state index in [1.54, 1.807) is 6.92 Å². The summed E-state index contributed by atoms with van der Waals surface area (Å²) >= 11 is 1.31. The Morgan fingerprint density at radius 3 is 2.50 bits per heavy atom. The lowest BCUT2D eigenvalue weighted by Crippen LogP contribution is -2.56. The van der Waals surface area contributed by atoms with E-state index >= 15 is 0 Å². The molecule has 2 unspecified atom stereocenters. The first-order valence-corrected chi connectivity index (χ1v) is 12.2. The minimum absolute atomic E-state index is 0.218. The maximum Gasteiger partial charge on any atom is 0.416 e. The average molecular weight is 492 g/mol. The summed E-state index contributed by atoms with van der Waals surface area (Å²) < 4.78 is 44.8. The number of benzene rings is 2. The number of hydrogen-bond acceptors (Lipinski definition) is 6. The molecule has 1 aliphatic heterocycles.